The number of nitrogens with zero attached hydrogens (tertiary/aromatic N) is 1. The lowest BCUT2D eigenvalue weighted by atomic mass is 10.1. The van der Waals surface area contributed by atoms with Crippen LogP contribution in [0.3, 0.4) is 0 Å². The topological polar surface area (TPSA) is 38.5 Å². The number of morpholine rings is 1. The predicted molar refractivity (Wildman–Crippen MR) is 74.1 cm³/mol. The third kappa shape index (κ3) is 2.11. The summed E-state index contributed by atoms with van der Waals surface area (Å²) >= 11 is 6.25. The monoisotopic (exact) mass is 266 g/mol. The van der Waals surface area contributed by atoms with Crippen molar-refractivity contribution in [3.05, 3.63) is 28.8 Å². The van der Waals surface area contributed by atoms with E-state index in [1.165, 1.54) is 24.9 Å². The minimum absolute atomic E-state index is 0.409. The number of anilines is 1. The molecule has 0 bridgehead atoms. The summed E-state index contributed by atoms with van der Waals surface area (Å²) in [6, 6.07) is 6.74. The van der Waals surface area contributed by atoms with Crippen LogP contribution in [0.2, 0.25) is 5.02 Å². The highest BCUT2D eigenvalue weighted by Gasteiger charge is 2.36. The molecular weight excluding hydrogens is 248 g/mol. The van der Waals surface area contributed by atoms with Gasteiger partial charge in [0.1, 0.15) is 0 Å². The number of rotatable bonds is 2. The van der Waals surface area contributed by atoms with Crippen LogP contribution in [0.5, 0.6) is 0 Å². The van der Waals surface area contributed by atoms with Crippen LogP contribution >= 0.6 is 11.6 Å². The first-order valence-electron chi connectivity index (χ1n) is 6.66. The van der Waals surface area contributed by atoms with Crippen molar-refractivity contribution in [1.29, 1.82) is 0 Å². The van der Waals surface area contributed by atoms with Gasteiger partial charge in [-0.15, -0.1) is 0 Å². The van der Waals surface area contributed by atoms with Crippen LogP contribution in [0.15, 0.2) is 18.2 Å². The fourth-order valence-electron chi connectivity index (χ4n) is 3.13. The van der Waals surface area contributed by atoms with Crippen molar-refractivity contribution in [3.8, 4) is 0 Å². The fraction of sp³-hybridized carbons (Fsp3) is 0.571. The number of benzene rings is 1. The summed E-state index contributed by atoms with van der Waals surface area (Å²) in [7, 11) is 0. The van der Waals surface area contributed by atoms with Crippen LogP contribution in [0.1, 0.15) is 24.8 Å². The van der Waals surface area contributed by atoms with Crippen LogP contribution in [-0.2, 0) is 11.3 Å². The molecule has 2 aliphatic rings. The Labute approximate surface area is 113 Å². The molecule has 98 valence electrons. The van der Waals surface area contributed by atoms with E-state index in [0.717, 1.165) is 23.7 Å². The molecule has 1 aliphatic heterocycles. The molecule has 2 unspecified atom stereocenters. The van der Waals surface area contributed by atoms with Gasteiger partial charge in [0.25, 0.3) is 0 Å². The van der Waals surface area contributed by atoms with Crippen LogP contribution in [0.4, 0.5) is 5.69 Å². The Balaban J connectivity index is 1.87. The van der Waals surface area contributed by atoms with E-state index in [9.17, 15) is 0 Å². The van der Waals surface area contributed by atoms with Gasteiger partial charge in [0.15, 0.2) is 0 Å². The first-order chi connectivity index (χ1) is 8.79. The van der Waals surface area contributed by atoms with Crippen LogP contribution in [0, 0.1) is 0 Å². The number of hydrogen-bond donors (Lipinski definition) is 1. The van der Waals surface area contributed by atoms with Crippen LogP contribution in [0.25, 0.3) is 0 Å². The summed E-state index contributed by atoms with van der Waals surface area (Å²) in [6.07, 6.45) is 4.09. The first-order valence-corrected chi connectivity index (χ1v) is 7.04. The number of ether oxygens (including phenoxy) is 1. The molecule has 0 spiro atoms. The summed E-state index contributed by atoms with van der Waals surface area (Å²) < 4.78 is 5.83. The van der Waals surface area contributed by atoms with Gasteiger partial charge in [-0.3, -0.25) is 0 Å². The quantitative estimate of drug-likeness (QED) is 0.894. The van der Waals surface area contributed by atoms with Gasteiger partial charge in [0, 0.05) is 23.8 Å². The largest absolute Gasteiger partial charge is 0.374 e. The van der Waals surface area contributed by atoms with Crippen molar-refractivity contribution in [2.75, 3.05) is 18.1 Å². The Hall–Kier alpha value is -0.770. The Kier molecular flexibility index (Phi) is 3.46. The first kappa shape index (κ1) is 12.3. The maximum absolute atomic E-state index is 6.25. The average Bonchev–Trinajstić information content (AvgIpc) is 2.86. The van der Waals surface area contributed by atoms with Crippen molar-refractivity contribution in [2.45, 2.75) is 38.0 Å². The second-order valence-corrected chi connectivity index (χ2v) is 5.49. The molecule has 1 aromatic carbocycles. The van der Waals surface area contributed by atoms with E-state index in [1.807, 2.05) is 12.1 Å². The van der Waals surface area contributed by atoms with Gasteiger partial charge in [0.05, 0.1) is 18.8 Å². The van der Waals surface area contributed by atoms with Crippen molar-refractivity contribution in [3.63, 3.8) is 0 Å². The molecule has 0 radical (unpaired) electrons. The fourth-order valence-corrected chi connectivity index (χ4v) is 3.38. The summed E-state index contributed by atoms with van der Waals surface area (Å²) in [5.41, 5.74) is 7.86. The van der Waals surface area contributed by atoms with Gasteiger partial charge in [-0.05, 0) is 37.0 Å². The molecule has 1 saturated heterocycles. The summed E-state index contributed by atoms with van der Waals surface area (Å²) in [4.78, 5) is 2.45. The predicted octanol–water partition coefficient (Wildman–Crippen LogP) is 2.56. The molecule has 1 aliphatic carbocycles. The van der Waals surface area contributed by atoms with E-state index >= 15 is 0 Å². The van der Waals surface area contributed by atoms with Gasteiger partial charge < -0.3 is 15.4 Å². The number of halogens is 1. The van der Waals surface area contributed by atoms with Crippen molar-refractivity contribution in [2.24, 2.45) is 5.73 Å². The zero-order valence-corrected chi connectivity index (χ0v) is 11.2. The van der Waals surface area contributed by atoms with Gasteiger partial charge in [0.2, 0.25) is 0 Å². The second-order valence-electron chi connectivity index (χ2n) is 5.08. The molecule has 3 rings (SSSR count). The molecule has 4 heteroatoms. The van der Waals surface area contributed by atoms with E-state index in [0.29, 0.717) is 18.7 Å². The highest BCUT2D eigenvalue weighted by atomic mass is 35.5. The molecule has 18 heavy (non-hydrogen) atoms. The van der Waals surface area contributed by atoms with E-state index in [4.69, 9.17) is 22.1 Å². The maximum Gasteiger partial charge on any atom is 0.0779 e. The van der Waals surface area contributed by atoms with E-state index in [2.05, 4.69) is 11.0 Å². The maximum atomic E-state index is 6.25. The third-order valence-corrected chi connectivity index (χ3v) is 4.42. The summed E-state index contributed by atoms with van der Waals surface area (Å²) in [6.45, 7) is 2.27. The Morgan fingerprint density at radius 2 is 2.28 bits per heavy atom. The van der Waals surface area contributed by atoms with Gasteiger partial charge in [-0.2, -0.15) is 0 Å². The highest BCUT2D eigenvalue weighted by molar-refractivity contribution is 6.31. The normalized spacial score (nSPS) is 27.3. The third-order valence-electron chi connectivity index (χ3n) is 4.07. The van der Waals surface area contributed by atoms with E-state index in [-0.39, 0.29) is 0 Å². The van der Waals surface area contributed by atoms with Gasteiger partial charge >= 0.3 is 0 Å². The summed E-state index contributed by atoms with van der Waals surface area (Å²) in [5.74, 6) is 0. The zero-order chi connectivity index (χ0) is 12.5. The molecule has 0 amide bonds. The molecule has 1 saturated carbocycles. The van der Waals surface area contributed by atoms with Crippen LogP contribution in [-0.4, -0.2) is 25.3 Å². The van der Waals surface area contributed by atoms with Crippen molar-refractivity contribution < 1.29 is 4.74 Å². The number of fused-ring (bicyclic) bond motifs is 1. The molecule has 2 N–H and O–H groups in total. The number of hydrogen-bond acceptors (Lipinski definition) is 3. The SMILES string of the molecule is NCc1ccc(N2CCOC3CCCC32)cc1Cl. The highest BCUT2D eigenvalue weighted by Crippen LogP contribution is 2.34. The van der Waals surface area contributed by atoms with Crippen LogP contribution < -0.4 is 10.6 Å². The van der Waals surface area contributed by atoms with Crippen molar-refractivity contribution >= 4 is 17.3 Å². The van der Waals surface area contributed by atoms with Gasteiger partial charge in [-0.25, -0.2) is 0 Å². The zero-order valence-electron chi connectivity index (χ0n) is 10.4. The molecule has 1 aromatic rings. The standard InChI is InChI=1S/C14H19ClN2O/c15-12-8-11(5-4-10(12)9-16)17-6-7-18-14-3-1-2-13(14)17/h4-5,8,13-14H,1-3,6-7,9,16H2. The molecule has 2 atom stereocenters. The average molecular weight is 267 g/mol. The van der Waals surface area contributed by atoms with Gasteiger partial charge in [-0.1, -0.05) is 17.7 Å². The molecule has 0 aromatic heterocycles. The molecule has 1 heterocycles. The Bertz CT molecular complexity index is 438. The van der Waals surface area contributed by atoms with E-state index < -0.39 is 0 Å². The number of nitrogens with two attached hydrogens (primary N) is 1. The Morgan fingerprint density at radius 1 is 1.39 bits per heavy atom. The molecular formula is C14H19ClN2O. The molecule has 2 fully saturated rings. The minimum Gasteiger partial charge on any atom is -0.374 e. The lowest BCUT2D eigenvalue weighted by molar-refractivity contribution is 0.0256. The van der Waals surface area contributed by atoms with E-state index in [1.54, 1.807) is 0 Å². The lowest BCUT2D eigenvalue weighted by Crippen LogP contribution is -2.48. The molecule has 3 nitrogen and oxygen atoms in total. The minimum atomic E-state index is 0.409. The van der Waals surface area contributed by atoms with Crippen molar-refractivity contribution in [1.82, 2.24) is 0 Å². The lowest BCUT2D eigenvalue weighted by Gasteiger charge is -2.39. The summed E-state index contributed by atoms with van der Waals surface area (Å²) in [5, 5.41) is 0.774. The smallest absolute Gasteiger partial charge is 0.0779 e. The second kappa shape index (κ2) is 5.08. The Morgan fingerprint density at radius 3 is 3.06 bits per heavy atom.